The van der Waals surface area contributed by atoms with E-state index in [0.717, 1.165) is 38.0 Å². The number of alkyl halides is 6. The highest BCUT2D eigenvalue weighted by Gasteiger charge is 2.39. The first-order valence-corrected chi connectivity index (χ1v) is 11.6. The fourth-order valence-corrected chi connectivity index (χ4v) is 4.07. The highest BCUT2D eigenvalue weighted by Crippen LogP contribution is 2.28. The second-order valence-corrected chi connectivity index (χ2v) is 8.63. The number of hydrogen-bond donors (Lipinski definition) is 3. The zero-order chi connectivity index (χ0) is 28.3. The Bertz CT molecular complexity index is 988. The summed E-state index contributed by atoms with van der Waals surface area (Å²) < 4.78 is 65.7. The molecule has 0 saturated heterocycles. The predicted molar refractivity (Wildman–Crippen MR) is 121 cm³/mol. The zero-order valence-electron chi connectivity index (χ0n) is 20.1. The number of carboxylic acids is 2. The van der Waals surface area contributed by atoms with Gasteiger partial charge in [0.15, 0.2) is 0 Å². The Kier molecular flexibility index (Phi) is 11.3. The third kappa shape index (κ3) is 10.5. The van der Waals surface area contributed by atoms with Gasteiger partial charge in [0, 0.05) is 50.8 Å². The Labute approximate surface area is 213 Å². The number of rotatable bonds is 5. The third-order valence-electron chi connectivity index (χ3n) is 5.82. The van der Waals surface area contributed by atoms with Crippen molar-refractivity contribution in [3.05, 3.63) is 36.4 Å². The second-order valence-electron chi connectivity index (χ2n) is 8.63. The molecule has 16 heteroatoms. The molecule has 1 aliphatic carbocycles. The van der Waals surface area contributed by atoms with Crippen molar-refractivity contribution in [1.82, 2.24) is 24.6 Å². The first-order chi connectivity index (χ1) is 17.8. The summed E-state index contributed by atoms with van der Waals surface area (Å²) in [6.45, 7) is 4.15. The van der Waals surface area contributed by atoms with E-state index in [-0.39, 0.29) is 0 Å². The van der Waals surface area contributed by atoms with Gasteiger partial charge in [0.25, 0.3) is 0 Å². The highest BCUT2D eigenvalue weighted by atomic mass is 19.4. The summed E-state index contributed by atoms with van der Waals surface area (Å²) in [5.41, 5.74) is 1.36. The normalized spacial score (nSPS) is 18.2. The first-order valence-electron chi connectivity index (χ1n) is 11.6. The molecule has 3 heterocycles. The summed E-state index contributed by atoms with van der Waals surface area (Å²) in [5, 5.41) is 22.1. The standard InChI is InChI=1S/C18H26N6.2C2HF3O2/c1-2-5-16(4-1)23-12-15(13-24-17(14-23)7-11-22-24)6-10-21-18-19-8-3-9-20-18;2*3-2(4,5)1(6)7/h3,7-9,11,15-16H,1-2,4-6,10,12-14H2,(H,19,20,21);2*(H,6,7). The second kappa shape index (κ2) is 13.9. The van der Waals surface area contributed by atoms with E-state index in [0.29, 0.717) is 5.92 Å². The lowest BCUT2D eigenvalue weighted by atomic mass is 10.0. The maximum atomic E-state index is 10.6. The van der Waals surface area contributed by atoms with Gasteiger partial charge in [-0.1, -0.05) is 12.8 Å². The van der Waals surface area contributed by atoms with Crippen LogP contribution in [0.5, 0.6) is 0 Å². The van der Waals surface area contributed by atoms with Crippen molar-refractivity contribution < 1.29 is 46.1 Å². The summed E-state index contributed by atoms with van der Waals surface area (Å²) >= 11 is 0. The molecule has 3 N–H and O–H groups in total. The van der Waals surface area contributed by atoms with Gasteiger partial charge >= 0.3 is 24.3 Å². The quantitative estimate of drug-likeness (QED) is 0.472. The van der Waals surface area contributed by atoms with E-state index in [2.05, 4.69) is 36.0 Å². The van der Waals surface area contributed by atoms with Crippen LogP contribution in [0.25, 0.3) is 0 Å². The van der Waals surface area contributed by atoms with Crippen molar-refractivity contribution >= 4 is 17.9 Å². The number of nitrogens with zero attached hydrogens (tertiary/aromatic N) is 5. The lowest BCUT2D eigenvalue weighted by Crippen LogP contribution is -2.36. The Balaban J connectivity index is 0.000000301. The van der Waals surface area contributed by atoms with Crippen molar-refractivity contribution in [3.8, 4) is 0 Å². The molecule has 10 nitrogen and oxygen atoms in total. The molecule has 0 amide bonds. The maximum absolute atomic E-state index is 10.6. The Morgan fingerprint density at radius 2 is 1.50 bits per heavy atom. The van der Waals surface area contributed by atoms with Crippen molar-refractivity contribution in [1.29, 1.82) is 0 Å². The lowest BCUT2D eigenvalue weighted by molar-refractivity contribution is -0.193. The predicted octanol–water partition coefficient (Wildman–Crippen LogP) is 3.82. The number of aromatic nitrogens is 4. The van der Waals surface area contributed by atoms with Crippen LogP contribution in [0.15, 0.2) is 30.7 Å². The Morgan fingerprint density at radius 3 is 2.03 bits per heavy atom. The summed E-state index contributed by atoms with van der Waals surface area (Å²) in [5.74, 6) is -4.18. The molecule has 0 bridgehead atoms. The first kappa shape index (κ1) is 30.8. The topological polar surface area (TPSA) is 133 Å². The third-order valence-corrected chi connectivity index (χ3v) is 5.82. The largest absolute Gasteiger partial charge is 0.490 e. The van der Waals surface area contributed by atoms with E-state index in [1.807, 2.05) is 12.3 Å². The number of fused-ring (bicyclic) bond motifs is 1. The number of halogens is 6. The maximum Gasteiger partial charge on any atom is 0.490 e. The molecule has 0 spiro atoms. The number of anilines is 1. The summed E-state index contributed by atoms with van der Waals surface area (Å²) in [7, 11) is 0. The highest BCUT2D eigenvalue weighted by molar-refractivity contribution is 5.73. The van der Waals surface area contributed by atoms with E-state index in [1.54, 1.807) is 12.4 Å². The number of nitrogens with one attached hydrogen (secondary N) is 1. The van der Waals surface area contributed by atoms with E-state index in [9.17, 15) is 26.3 Å². The Hall–Kier alpha value is -3.43. The molecule has 4 rings (SSSR count). The molecular weight excluding hydrogens is 526 g/mol. The van der Waals surface area contributed by atoms with Crippen LogP contribution in [0.1, 0.15) is 37.8 Å². The molecule has 1 aliphatic heterocycles. The van der Waals surface area contributed by atoms with Gasteiger partial charge in [-0.05, 0) is 37.3 Å². The number of aliphatic carboxylic acids is 2. The van der Waals surface area contributed by atoms with Gasteiger partial charge in [-0.15, -0.1) is 0 Å². The van der Waals surface area contributed by atoms with Crippen LogP contribution in [0.4, 0.5) is 32.3 Å². The lowest BCUT2D eigenvalue weighted by Gasteiger charge is -2.29. The average Bonchev–Trinajstić information content (AvgIpc) is 3.49. The van der Waals surface area contributed by atoms with Crippen LogP contribution in [-0.4, -0.2) is 78.3 Å². The van der Waals surface area contributed by atoms with Crippen molar-refractivity contribution in [2.24, 2.45) is 5.92 Å². The van der Waals surface area contributed by atoms with Crippen LogP contribution in [0.2, 0.25) is 0 Å². The van der Waals surface area contributed by atoms with Gasteiger partial charge in [-0.25, -0.2) is 19.6 Å². The molecule has 212 valence electrons. The van der Waals surface area contributed by atoms with E-state index in [1.165, 1.54) is 37.9 Å². The minimum absolute atomic E-state index is 0.614. The molecule has 0 aromatic carbocycles. The zero-order valence-corrected chi connectivity index (χ0v) is 20.1. The van der Waals surface area contributed by atoms with Crippen LogP contribution in [0, 0.1) is 5.92 Å². The molecular formula is C22H28F6N6O4. The number of hydrogen-bond acceptors (Lipinski definition) is 7. The van der Waals surface area contributed by atoms with Gasteiger partial charge in [0.1, 0.15) is 0 Å². The van der Waals surface area contributed by atoms with Gasteiger partial charge in [-0.2, -0.15) is 31.4 Å². The van der Waals surface area contributed by atoms with Gasteiger partial charge < -0.3 is 15.5 Å². The molecule has 38 heavy (non-hydrogen) atoms. The Morgan fingerprint density at radius 1 is 0.947 bits per heavy atom. The number of carboxylic acid groups (broad SMARTS) is 2. The summed E-state index contributed by atoms with van der Waals surface area (Å²) in [6, 6.07) is 4.79. The van der Waals surface area contributed by atoms with Crippen LogP contribution in [0.3, 0.4) is 0 Å². The fraction of sp³-hybridized carbons (Fsp3) is 0.591. The molecule has 0 radical (unpaired) electrons. The van der Waals surface area contributed by atoms with Gasteiger partial charge in [0.05, 0.1) is 5.69 Å². The molecule has 2 aromatic rings. The summed E-state index contributed by atoms with van der Waals surface area (Å²) in [6.07, 6.45) is 1.93. The average molecular weight is 554 g/mol. The van der Waals surface area contributed by atoms with E-state index in [4.69, 9.17) is 19.8 Å². The molecule has 1 fully saturated rings. The monoisotopic (exact) mass is 554 g/mol. The van der Waals surface area contributed by atoms with Crippen LogP contribution in [-0.2, 0) is 22.7 Å². The van der Waals surface area contributed by atoms with Crippen LogP contribution < -0.4 is 5.32 Å². The van der Waals surface area contributed by atoms with E-state index >= 15 is 0 Å². The van der Waals surface area contributed by atoms with Crippen molar-refractivity contribution in [2.45, 2.75) is 63.6 Å². The van der Waals surface area contributed by atoms with Crippen LogP contribution >= 0.6 is 0 Å². The van der Waals surface area contributed by atoms with Crippen molar-refractivity contribution in [3.63, 3.8) is 0 Å². The summed E-state index contributed by atoms with van der Waals surface area (Å²) in [4.78, 5) is 29.0. The minimum Gasteiger partial charge on any atom is -0.475 e. The van der Waals surface area contributed by atoms with Gasteiger partial charge in [-0.3, -0.25) is 9.58 Å². The number of carbonyl (C=O) groups is 2. The molecule has 2 aromatic heterocycles. The fourth-order valence-electron chi connectivity index (χ4n) is 4.07. The molecule has 1 saturated carbocycles. The molecule has 2 aliphatic rings. The molecule has 1 atom stereocenters. The minimum atomic E-state index is -5.08. The van der Waals surface area contributed by atoms with Crippen molar-refractivity contribution in [2.75, 3.05) is 18.4 Å². The molecule has 1 unspecified atom stereocenters. The van der Waals surface area contributed by atoms with E-state index < -0.39 is 24.3 Å². The SMILES string of the molecule is O=C(O)C(F)(F)F.O=C(O)C(F)(F)F.c1cnc(NCCC2CN(C3CCCC3)Cc3ccnn3C2)nc1. The smallest absolute Gasteiger partial charge is 0.475 e. The van der Waals surface area contributed by atoms with Gasteiger partial charge in [0.2, 0.25) is 5.95 Å².